The minimum atomic E-state index is 0.746. The minimum absolute atomic E-state index is 0.746. The molecule has 1 aliphatic carbocycles. The lowest BCUT2D eigenvalue weighted by Gasteiger charge is -2.19. The zero-order valence-electron chi connectivity index (χ0n) is 15.0. The summed E-state index contributed by atoms with van der Waals surface area (Å²) in [5, 5.41) is 3.43. The summed E-state index contributed by atoms with van der Waals surface area (Å²) in [6, 6.07) is 10.7. The number of anilines is 3. The van der Waals surface area contributed by atoms with E-state index in [2.05, 4.69) is 51.6 Å². The second-order valence-corrected chi connectivity index (χ2v) is 7.01. The Labute approximate surface area is 150 Å². The topological polar surface area (TPSA) is 41.1 Å². The molecule has 4 heteroatoms. The van der Waals surface area contributed by atoms with Gasteiger partial charge in [-0.1, -0.05) is 29.8 Å². The first-order valence-electron chi connectivity index (χ1n) is 9.42. The average molecular weight is 334 g/mol. The van der Waals surface area contributed by atoms with Gasteiger partial charge in [0.1, 0.15) is 5.82 Å². The summed E-state index contributed by atoms with van der Waals surface area (Å²) in [4.78, 5) is 11.7. The molecule has 1 aromatic carbocycles. The van der Waals surface area contributed by atoms with Crippen molar-refractivity contribution in [3.8, 4) is 0 Å². The SMILES string of the molecule is Cc1cc(N2CCc3ccccc32)nc(NCCC2=CCCCC2)n1. The van der Waals surface area contributed by atoms with E-state index in [1.165, 1.54) is 36.9 Å². The van der Waals surface area contributed by atoms with E-state index in [4.69, 9.17) is 4.98 Å². The van der Waals surface area contributed by atoms with Crippen molar-refractivity contribution in [3.63, 3.8) is 0 Å². The number of benzene rings is 1. The highest BCUT2D eigenvalue weighted by Crippen LogP contribution is 2.33. The molecule has 25 heavy (non-hydrogen) atoms. The predicted octanol–water partition coefficient (Wildman–Crippen LogP) is 4.78. The summed E-state index contributed by atoms with van der Waals surface area (Å²) in [6.07, 6.45) is 9.77. The van der Waals surface area contributed by atoms with E-state index in [-0.39, 0.29) is 0 Å². The summed E-state index contributed by atoms with van der Waals surface area (Å²) in [7, 11) is 0. The van der Waals surface area contributed by atoms with Gasteiger partial charge in [0.15, 0.2) is 0 Å². The van der Waals surface area contributed by atoms with Gasteiger partial charge in [-0.3, -0.25) is 0 Å². The highest BCUT2D eigenvalue weighted by Gasteiger charge is 2.21. The van der Waals surface area contributed by atoms with E-state index < -0.39 is 0 Å². The van der Waals surface area contributed by atoms with Crippen LogP contribution in [-0.2, 0) is 6.42 Å². The number of nitrogens with zero attached hydrogens (tertiary/aromatic N) is 3. The molecule has 4 rings (SSSR count). The lowest BCUT2D eigenvalue weighted by atomic mass is 9.97. The molecule has 0 radical (unpaired) electrons. The van der Waals surface area contributed by atoms with Gasteiger partial charge in [-0.2, -0.15) is 4.98 Å². The maximum absolute atomic E-state index is 4.78. The number of rotatable bonds is 5. The summed E-state index contributed by atoms with van der Waals surface area (Å²) >= 11 is 0. The average Bonchev–Trinajstić information content (AvgIpc) is 3.06. The molecule has 4 nitrogen and oxygen atoms in total. The number of para-hydroxylation sites is 1. The Balaban J connectivity index is 1.47. The Morgan fingerprint density at radius 2 is 2.04 bits per heavy atom. The van der Waals surface area contributed by atoms with Crippen molar-refractivity contribution >= 4 is 17.5 Å². The highest BCUT2D eigenvalue weighted by molar-refractivity contribution is 5.68. The van der Waals surface area contributed by atoms with Gasteiger partial charge in [0.25, 0.3) is 0 Å². The monoisotopic (exact) mass is 334 g/mol. The van der Waals surface area contributed by atoms with E-state index in [0.717, 1.165) is 43.4 Å². The Morgan fingerprint density at radius 1 is 1.12 bits per heavy atom. The first kappa shape index (κ1) is 16.1. The lowest BCUT2D eigenvalue weighted by molar-refractivity contribution is 0.679. The van der Waals surface area contributed by atoms with Gasteiger partial charge in [0.2, 0.25) is 5.95 Å². The molecule has 2 aromatic rings. The standard InChI is InChI=1S/C21H26N4/c1-16-15-20(25-14-12-18-9-5-6-10-19(18)25)24-21(23-16)22-13-11-17-7-3-2-4-8-17/h5-7,9-10,15H,2-4,8,11-14H2,1H3,(H,22,23,24). The van der Waals surface area contributed by atoms with Crippen LogP contribution < -0.4 is 10.2 Å². The molecule has 0 unspecified atom stereocenters. The van der Waals surface area contributed by atoms with Crippen molar-refractivity contribution < 1.29 is 0 Å². The fraction of sp³-hybridized carbons (Fsp3) is 0.429. The number of fused-ring (bicyclic) bond motifs is 1. The predicted molar refractivity (Wildman–Crippen MR) is 104 cm³/mol. The first-order chi connectivity index (χ1) is 12.3. The third kappa shape index (κ3) is 3.68. The highest BCUT2D eigenvalue weighted by atomic mass is 15.2. The summed E-state index contributed by atoms with van der Waals surface area (Å²) in [5.41, 5.74) is 5.27. The molecule has 130 valence electrons. The van der Waals surface area contributed by atoms with Crippen molar-refractivity contribution in [3.05, 3.63) is 53.2 Å². The van der Waals surface area contributed by atoms with E-state index in [9.17, 15) is 0 Å². The quantitative estimate of drug-likeness (QED) is 0.799. The van der Waals surface area contributed by atoms with Crippen LogP contribution in [-0.4, -0.2) is 23.1 Å². The van der Waals surface area contributed by atoms with Crippen molar-refractivity contribution in [2.75, 3.05) is 23.3 Å². The van der Waals surface area contributed by atoms with Crippen molar-refractivity contribution in [2.24, 2.45) is 0 Å². The molecule has 1 aromatic heterocycles. The van der Waals surface area contributed by atoms with Crippen molar-refractivity contribution in [1.82, 2.24) is 9.97 Å². The maximum Gasteiger partial charge on any atom is 0.224 e. The Hall–Kier alpha value is -2.36. The summed E-state index contributed by atoms with van der Waals surface area (Å²) in [6.45, 7) is 3.94. The second kappa shape index (κ2) is 7.26. The van der Waals surface area contributed by atoms with E-state index >= 15 is 0 Å². The molecule has 0 saturated carbocycles. The molecule has 0 bridgehead atoms. The number of aryl methyl sites for hydroxylation is 1. The van der Waals surface area contributed by atoms with Gasteiger partial charge in [0.05, 0.1) is 0 Å². The van der Waals surface area contributed by atoms with Gasteiger partial charge >= 0.3 is 0 Å². The normalized spacial score (nSPS) is 16.5. The molecule has 0 atom stereocenters. The van der Waals surface area contributed by atoms with Crippen LogP contribution in [0.4, 0.5) is 17.5 Å². The molecular formula is C21H26N4. The van der Waals surface area contributed by atoms with Crippen LogP contribution in [0.25, 0.3) is 0 Å². The fourth-order valence-electron chi connectivity index (χ4n) is 3.81. The van der Waals surface area contributed by atoms with Crippen molar-refractivity contribution in [1.29, 1.82) is 0 Å². The number of nitrogens with one attached hydrogen (secondary N) is 1. The van der Waals surface area contributed by atoms with E-state index in [1.807, 2.05) is 6.92 Å². The molecule has 0 fully saturated rings. The van der Waals surface area contributed by atoms with Crippen molar-refractivity contribution in [2.45, 2.75) is 45.4 Å². The van der Waals surface area contributed by atoms with Crippen LogP contribution in [0.2, 0.25) is 0 Å². The third-order valence-electron chi connectivity index (χ3n) is 5.12. The molecule has 0 spiro atoms. The molecule has 0 amide bonds. The second-order valence-electron chi connectivity index (χ2n) is 7.01. The fourth-order valence-corrected chi connectivity index (χ4v) is 3.81. The first-order valence-corrected chi connectivity index (χ1v) is 9.42. The Kier molecular flexibility index (Phi) is 4.68. The maximum atomic E-state index is 4.78. The number of allylic oxidation sites excluding steroid dienone is 1. The van der Waals surface area contributed by atoms with Gasteiger partial charge in [-0.25, -0.2) is 4.98 Å². The third-order valence-corrected chi connectivity index (χ3v) is 5.12. The number of aromatic nitrogens is 2. The molecular weight excluding hydrogens is 308 g/mol. The van der Waals surface area contributed by atoms with Crippen LogP contribution in [0.1, 0.15) is 43.4 Å². The number of hydrogen-bond acceptors (Lipinski definition) is 4. The van der Waals surface area contributed by atoms with E-state index in [1.54, 1.807) is 5.57 Å². The van der Waals surface area contributed by atoms with Crippen LogP contribution in [0.5, 0.6) is 0 Å². The zero-order chi connectivity index (χ0) is 17.1. The molecule has 1 N–H and O–H groups in total. The summed E-state index contributed by atoms with van der Waals surface area (Å²) < 4.78 is 0. The molecule has 2 aliphatic rings. The summed E-state index contributed by atoms with van der Waals surface area (Å²) in [5.74, 6) is 1.74. The lowest BCUT2D eigenvalue weighted by Crippen LogP contribution is -2.17. The van der Waals surface area contributed by atoms with E-state index in [0.29, 0.717) is 0 Å². The minimum Gasteiger partial charge on any atom is -0.354 e. The van der Waals surface area contributed by atoms with Gasteiger partial charge < -0.3 is 10.2 Å². The van der Waals surface area contributed by atoms with Crippen LogP contribution in [0, 0.1) is 6.92 Å². The van der Waals surface area contributed by atoms with Gasteiger partial charge in [-0.15, -0.1) is 0 Å². The zero-order valence-corrected chi connectivity index (χ0v) is 15.0. The van der Waals surface area contributed by atoms with Crippen LogP contribution in [0.15, 0.2) is 42.0 Å². The Morgan fingerprint density at radius 3 is 2.92 bits per heavy atom. The van der Waals surface area contributed by atoms with Crippen LogP contribution in [0.3, 0.4) is 0 Å². The largest absolute Gasteiger partial charge is 0.354 e. The Bertz CT molecular complexity index is 781. The van der Waals surface area contributed by atoms with Gasteiger partial charge in [-0.05, 0) is 57.1 Å². The van der Waals surface area contributed by atoms with Crippen LogP contribution >= 0.6 is 0 Å². The molecule has 2 heterocycles. The van der Waals surface area contributed by atoms with Gasteiger partial charge in [0, 0.05) is 30.5 Å². The smallest absolute Gasteiger partial charge is 0.224 e. The molecule has 0 saturated heterocycles. The molecule has 1 aliphatic heterocycles. The number of hydrogen-bond donors (Lipinski definition) is 1.